The first-order valence-corrected chi connectivity index (χ1v) is 6.32. The molecule has 0 aromatic carbocycles. The monoisotopic (exact) mass is 231 g/mol. The molecule has 2 bridgehead atoms. The summed E-state index contributed by atoms with van der Waals surface area (Å²) in [7, 11) is 1.55. The number of halogens is 1. The van der Waals surface area contributed by atoms with Crippen molar-refractivity contribution in [3.8, 4) is 0 Å². The predicted octanol–water partition coefficient (Wildman–Crippen LogP) is 2.80. The van der Waals surface area contributed by atoms with E-state index in [4.69, 9.17) is 11.6 Å². The van der Waals surface area contributed by atoms with Crippen molar-refractivity contribution in [2.24, 2.45) is 17.3 Å². The first kappa shape index (κ1) is 12.8. The third-order valence-corrected chi connectivity index (χ3v) is 4.42. The zero-order valence-corrected chi connectivity index (χ0v) is 10.7. The van der Waals surface area contributed by atoms with Crippen molar-refractivity contribution >= 4 is 17.5 Å². The number of alkyl halides is 1. The van der Waals surface area contributed by atoms with Crippen LogP contribution in [0.25, 0.3) is 0 Å². The Morgan fingerprint density at radius 2 is 1.93 bits per heavy atom. The van der Waals surface area contributed by atoms with Gasteiger partial charge in [-0.2, -0.15) is 0 Å². The second kappa shape index (κ2) is 5.20. The van der Waals surface area contributed by atoms with Crippen LogP contribution in [-0.2, 0) is 4.79 Å². The molecule has 0 spiro atoms. The highest BCUT2D eigenvalue weighted by Gasteiger charge is 2.49. The number of carbonyl (C=O) groups is 1. The lowest BCUT2D eigenvalue weighted by atomic mass is 9.49. The summed E-state index contributed by atoms with van der Waals surface area (Å²) in [5.74, 6) is 2.10. The number of rotatable bonds is 1. The van der Waals surface area contributed by atoms with Crippen LogP contribution in [0.3, 0.4) is 0 Å². The maximum atomic E-state index is 9.94. The van der Waals surface area contributed by atoms with E-state index in [1.165, 1.54) is 19.3 Å². The quantitative estimate of drug-likeness (QED) is 0.691. The van der Waals surface area contributed by atoms with Crippen LogP contribution >= 0.6 is 11.6 Å². The fraction of sp³-hybridized carbons (Fsp3) is 0.917. The highest BCUT2D eigenvalue weighted by Crippen LogP contribution is 2.58. The average Bonchev–Trinajstić information content (AvgIpc) is 2.29. The molecule has 2 nitrogen and oxygen atoms in total. The molecule has 3 heteroatoms. The van der Waals surface area contributed by atoms with Crippen molar-refractivity contribution in [1.82, 2.24) is 5.32 Å². The van der Waals surface area contributed by atoms with Crippen LogP contribution in [0.4, 0.5) is 0 Å². The molecular formula is C12H22ClNO. The average molecular weight is 232 g/mol. The van der Waals surface area contributed by atoms with Crippen LogP contribution in [0.5, 0.6) is 0 Å². The van der Waals surface area contributed by atoms with Gasteiger partial charge in [0.25, 0.3) is 0 Å². The second-order valence-electron chi connectivity index (χ2n) is 5.19. The fourth-order valence-electron chi connectivity index (χ4n) is 2.78. The van der Waals surface area contributed by atoms with Crippen molar-refractivity contribution in [2.45, 2.75) is 39.5 Å². The number of amides is 1. The minimum absolute atomic E-state index is 0.0521. The molecule has 3 rings (SSSR count). The zero-order valence-electron chi connectivity index (χ0n) is 9.98. The summed E-state index contributed by atoms with van der Waals surface area (Å²) in [5.41, 5.74) is 0.734. The Hall–Kier alpha value is -0.240. The normalized spacial score (nSPS) is 30.7. The summed E-state index contributed by atoms with van der Waals surface area (Å²) in [6.45, 7) is 4.90. The third kappa shape index (κ3) is 2.87. The van der Waals surface area contributed by atoms with Gasteiger partial charge in [0.2, 0.25) is 5.91 Å². The standard InChI is InChI=1S/C9H16.C3H6ClNO/c1-9(2)7-4-3-5-8(9)6-7;1-5-3(6)2-4/h7-8H,3-6H2,1-2H3;2H2,1H3,(H,5,6)/t7-,8?;/m0./s1. The van der Waals surface area contributed by atoms with Gasteiger partial charge in [0.1, 0.15) is 5.88 Å². The predicted molar refractivity (Wildman–Crippen MR) is 64.0 cm³/mol. The molecule has 1 amide bonds. The van der Waals surface area contributed by atoms with Gasteiger partial charge in [0, 0.05) is 7.05 Å². The highest BCUT2D eigenvalue weighted by atomic mass is 35.5. The zero-order chi connectivity index (χ0) is 11.5. The Kier molecular flexibility index (Phi) is 4.45. The summed E-state index contributed by atoms with van der Waals surface area (Å²) < 4.78 is 0. The molecule has 15 heavy (non-hydrogen) atoms. The lowest BCUT2D eigenvalue weighted by Crippen LogP contribution is -2.47. The van der Waals surface area contributed by atoms with E-state index in [9.17, 15) is 4.79 Å². The lowest BCUT2D eigenvalue weighted by molar-refractivity contribution is -0.118. The summed E-state index contributed by atoms with van der Waals surface area (Å²) in [6, 6.07) is 0. The van der Waals surface area contributed by atoms with E-state index in [1.807, 2.05) is 0 Å². The molecule has 0 aromatic heterocycles. The van der Waals surface area contributed by atoms with E-state index in [0.29, 0.717) is 0 Å². The summed E-state index contributed by atoms with van der Waals surface area (Å²) >= 11 is 5.04. The fourth-order valence-corrected chi connectivity index (χ4v) is 2.91. The summed E-state index contributed by atoms with van der Waals surface area (Å²) in [6.07, 6.45) is 6.10. The maximum absolute atomic E-state index is 9.94. The molecule has 1 unspecified atom stereocenters. The number of hydrogen-bond donors (Lipinski definition) is 1. The molecule has 3 fully saturated rings. The summed E-state index contributed by atoms with van der Waals surface area (Å²) in [4.78, 5) is 9.94. The van der Waals surface area contributed by atoms with Crippen LogP contribution < -0.4 is 5.32 Å². The van der Waals surface area contributed by atoms with Crippen molar-refractivity contribution < 1.29 is 4.79 Å². The van der Waals surface area contributed by atoms with E-state index >= 15 is 0 Å². The van der Waals surface area contributed by atoms with Crippen LogP contribution in [-0.4, -0.2) is 18.8 Å². The van der Waals surface area contributed by atoms with E-state index in [-0.39, 0.29) is 11.8 Å². The minimum Gasteiger partial charge on any atom is -0.358 e. The number of nitrogens with one attached hydrogen (secondary N) is 1. The minimum atomic E-state index is -0.142. The molecule has 3 aliphatic rings. The van der Waals surface area contributed by atoms with Gasteiger partial charge < -0.3 is 5.32 Å². The molecule has 0 radical (unpaired) electrons. The topological polar surface area (TPSA) is 29.1 Å². The largest absolute Gasteiger partial charge is 0.358 e. The summed E-state index contributed by atoms with van der Waals surface area (Å²) in [5, 5.41) is 2.34. The van der Waals surface area contributed by atoms with Gasteiger partial charge in [-0.1, -0.05) is 20.3 Å². The Morgan fingerprint density at radius 3 is 2.07 bits per heavy atom. The molecule has 88 valence electrons. The highest BCUT2D eigenvalue weighted by molar-refractivity contribution is 6.27. The van der Waals surface area contributed by atoms with Crippen molar-refractivity contribution in [2.75, 3.05) is 12.9 Å². The first-order chi connectivity index (χ1) is 7.02. The number of carbonyl (C=O) groups excluding carboxylic acids is 1. The molecule has 2 atom stereocenters. The van der Waals surface area contributed by atoms with Crippen LogP contribution in [0.15, 0.2) is 0 Å². The number of hydrogen-bond acceptors (Lipinski definition) is 1. The van der Waals surface area contributed by atoms with Crippen LogP contribution in [0, 0.1) is 17.3 Å². The molecule has 3 aliphatic carbocycles. The van der Waals surface area contributed by atoms with E-state index in [2.05, 4.69) is 19.2 Å². The Bertz CT molecular complexity index is 206. The van der Waals surface area contributed by atoms with Gasteiger partial charge >= 0.3 is 0 Å². The number of fused-ring (bicyclic) bond motifs is 2. The Morgan fingerprint density at radius 1 is 1.40 bits per heavy atom. The molecule has 0 saturated heterocycles. The van der Waals surface area contributed by atoms with E-state index in [1.54, 1.807) is 13.5 Å². The Labute approximate surface area is 97.8 Å². The van der Waals surface area contributed by atoms with Gasteiger partial charge in [-0.05, 0) is 36.5 Å². The van der Waals surface area contributed by atoms with E-state index < -0.39 is 0 Å². The lowest BCUT2D eigenvalue weighted by Gasteiger charge is -2.56. The van der Waals surface area contributed by atoms with E-state index in [0.717, 1.165) is 17.3 Å². The molecule has 1 N–H and O–H groups in total. The second-order valence-corrected chi connectivity index (χ2v) is 5.46. The molecular weight excluding hydrogens is 210 g/mol. The first-order valence-electron chi connectivity index (χ1n) is 5.79. The molecule has 0 aliphatic heterocycles. The van der Waals surface area contributed by atoms with Gasteiger partial charge in [0.15, 0.2) is 0 Å². The van der Waals surface area contributed by atoms with Gasteiger partial charge in [-0.25, -0.2) is 0 Å². The smallest absolute Gasteiger partial charge is 0.234 e. The van der Waals surface area contributed by atoms with Crippen molar-refractivity contribution in [1.29, 1.82) is 0 Å². The van der Waals surface area contributed by atoms with Crippen LogP contribution in [0.2, 0.25) is 0 Å². The maximum Gasteiger partial charge on any atom is 0.234 e. The molecule has 0 aromatic rings. The Balaban J connectivity index is 0.000000167. The van der Waals surface area contributed by atoms with Crippen LogP contribution in [0.1, 0.15) is 39.5 Å². The van der Waals surface area contributed by atoms with Crippen molar-refractivity contribution in [3.05, 3.63) is 0 Å². The van der Waals surface area contributed by atoms with Gasteiger partial charge in [-0.3, -0.25) is 4.79 Å². The van der Waals surface area contributed by atoms with Gasteiger partial charge in [0.05, 0.1) is 0 Å². The van der Waals surface area contributed by atoms with Gasteiger partial charge in [-0.15, -0.1) is 11.6 Å². The third-order valence-electron chi connectivity index (χ3n) is 4.18. The molecule has 0 heterocycles. The SMILES string of the molecule is CC1(C)C2CCC[C@H]1C2.CNC(=O)CCl. The van der Waals surface area contributed by atoms with Crippen molar-refractivity contribution in [3.63, 3.8) is 0 Å². The molecule has 3 saturated carbocycles.